The molecule has 1 amide bonds. The SMILES string of the molecule is CCCCCCn1nc(C(=O)OCC(=O)NC(C)C)c2ccccc2c1=O. The molecule has 0 saturated carbocycles. The fourth-order valence-corrected chi connectivity index (χ4v) is 2.79. The number of esters is 1. The largest absolute Gasteiger partial charge is 0.451 e. The third kappa shape index (κ3) is 5.64. The summed E-state index contributed by atoms with van der Waals surface area (Å²) in [7, 11) is 0. The Labute approximate surface area is 158 Å². The molecular weight excluding hydrogens is 346 g/mol. The summed E-state index contributed by atoms with van der Waals surface area (Å²) in [4.78, 5) is 36.9. The van der Waals surface area contributed by atoms with Crippen molar-refractivity contribution in [3.63, 3.8) is 0 Å². The first-order valence-electron chi connectivity index (χ1n) is 9.40. The van der Waals surface area contributed by atoms with Gasteiger partial charge >= 0.3 is 5.97 Å². The van der Waals surface area contributed by atoms with Crippen molar-refractivity contribution in [1.82, 2.24) is 15.1 Å². The summed E-state index contributed by atoms with van der Waals surface area (Å²) in [6.45, 7) is 5.82. The lowest BCUT2D eigenvalue weighted by Crippen LogP contribution is -2.34. The van der Waals surface area contributed by atoms with Crippen molar-refractivity contribution in [2.24, 2.45) is 0 Å². The predicted molar refractivity (Wildman–Crippen MR) is 104 cm³/mol. The molecule has 1 N–H and O–H groups in total. The van der Waals surface area contributed by atoms with Gasteiger partial charge < -0.3 is 10.1 Å². The van der Waals surface area contributed by atoms with Gasteiger partial charge in [-0.25, -0.2) is 9.48 Å². The Balaban J connectivity index is 2.25. The summed E-state index contributed by atoms with van der Waals surface area (Å²) >= 11 is 0. The number of benzene rings is 1. The molecule has 27 heavy (non-hydrogen) atoms. The van der Waals surface area contributed by atoms with Crippen molar-refractivity contribution >= 4 is 22.6 Å². The van der Waals surface area contributed by atoms with Crippen molar-refractivity contribution < 1.29 is 14.3 Å². The Morgan fingerprint density at radius 2 is 1.85 bits per heavy atom. The van der Waals surface area contributed by atoms with Crippen molar-refractivity contribution in [2.75, 3.05) is 6.61 Å². The van der Waals surface area contributed by atoms with Crippen molar-refractivity contribution in [2.45, 2.75) is 59.0 Å². The molecule has 0 atom stereocenters. The van der Waals surface area contributed by atoms with E-state index in [-0.39, 0.29) is 29.8 Å². The topological polar surface area (TPSA) is 90.3 Å². The molecule has 0 saturated heterocycles. The number of carbonyl (C=O) groups is 2. The number of carbonyl (C=O) groups excluding carboxylic acids is 2. The Bertz CT molecular complexity index is 858. The van der Waals surface area contributed by atoms with E-state index in [0.29, 0.717) is 17.3 Å². The van der Waals surface area contributed by atoms with Gasteiger partial charge in [0.05, 0.1) is 5.39 Å². The standard InChI is InChI=1S/C20H27N3O4/c1-4-5-6-9-12-23-19(25)16-11-8-7-10-15(16)18(22-23)20(26)27-13-17(24)21-14(2)3/h7-8,10-11,14H,4-6,9,12-13H2,1-3H3,(H,21,24). The van der Waals surface area contributed by atoms with Gasteiger partial charge in [-0.05, 0) is 26.3 Å². The molecule has 7 heteroatoms. The second-order valence-corrected chi connectivity index (χ2v) is 6.78. The fourth-order valence-electron chi connectivity index (χ4n) is 2.79. The summed E-state index contributed by atoms with van der Waals surface area (Å²) in [5.41, 5.74) is -0.172. The minimum atomic E-state index is -0.715. The monoisotopic (exact) mass is 373 g/mol. The van der Waals surface area contributed by atoms with Crippen LogP contribution < -0.4 is 10.9 Å². The molecule has 0 spiro atoms. The molecule has 0 bridgehead atoms. The van der Waals surface area contributed by atoms with E-state index < -0.39 is 5.97 Å². The van der Waals surface area contributed by atoms with E-state index >= 15 is 0 Å². The van der Waals surface area contributed by atoms with Gasteiger partial charge in [0.1, 0.15) is 0 Å². The summed E-state index contributed by atoms with van der Waals surface area (Å²) < 4.78 is 6.43. The lowest BCUT2D eigenvalue weighted by molar-refractivity contribution is -0.124. The molecule has 2 aromatic rings. The van der Waals surface area contributed by atoms with E-state index in [1.165, 1.54) is 4.68 Å². The number of nitrogens with zero attached hydrogens (tertiary/aromatic N) is 2. The third-order valence-electron chi connectivity index (χ3n) is 4.07. The van der Waals surface area contributed by atoms with Gasteiger partial charge in [-0.3, -0.25) is 9.59 Å². The Kier molecular flexibility index (Phi) is 7.52. The second kappa shape index (κ2) is 9.85. The number of amides is 1. The smallest absolute Gasteiger partial charge is 0.359 e. The van der Waals surface area contributed by atoms with Crippen LogP contribution in [0.15, 0.2) is 29.1 Å². The Morgan fingerprint density at radius 3 is 2.52 bits per heavy atom. The first-order valence-corrected chi connectivity index (χ1v) is 9.40. The van der Waals surface area contributed by atoms with Crippen LogP contribution in [0, 0.1) is 0 Å². The van der Waals surface area contributed by atoms with Crippen LogP contribution in [-0.2, 0) is 16.1 Å². The molecule has 0 aliphatic rings. The lowest BCUT2D eigenvalue weighted by atomic mass is 10.1. The number of rotatable bonds is 9. The van der Waals surface area contributed by atoms with Crippen molar-refractivity contribution in [1.29, 1.82) is 0 Å². The molecule has 1 heterocycles. The molecular formula is C20H27N3O4. The maximum atomic E-state index is 12.6. The van der Waals surface area contributed by atoms with Crippen LogP contribution in [0.2, 0.25) is 0 Å². The highest BCUT2D eigenvalue weighted by Gasteiger charge is 2.19. The zero-order chi connectivity index (χ0) is 19.8. The summed E-state index contributed by atoms with van der Waals surface area (Å²) in [5.74, 6) is -1.09. The minimum absolute atomic E-state index is 0.0415. The number of fused-ring (bicyclic) bond motifs is 1. The molecule has 0 fully saturated rings. The highest BCUT2D eigenvalue weighted by molar-refractivity contribution is 6.02. The molecule has 2 rings (SSSR count). The van der Waals surface area contributed by atoms with Crippen LogP contribution in [-0.4, -0.2) is 34.3 Å². The van der Waals surface area contributed by atoms with Gasteiger partial charge in [-0.1, -0.05) is 44.4 Å². The lowest BCUT2D eigenvalue weighted by Gasteiger charge is -2.12. The summed E-state index contributed by atoms with van der Waals surface area (Å²) in [6.07, 6.45) is 3.98. The highest BCUT2D eigenvalue weighted by atomic mass is 16.5. The van der Waals surface area contributed by atoms with Crippen molar-refractivity contribution in [3.8, 4) is 0 Å². The van der Waals surface area contributed by atoms with E-state index in [0.717, 1.165) is 25.7 Å². The molecule has 0 radical (unpaired) electrons. The van der Waals surface area contributed by atoms with E-state index in [2.05, 4.69) is 17.3 Å². The number of nitrogens with one attached hydrogen (secondary N) is 1. The van der Waals surface area contributed by atoms with E-state index in [9.17, 15) is 14.4 Å². The first kappa shape index (κ1) is 20.6. The van der Waals surface area contributed by atoms with Crippen LogP contribution >= 0.6 is 0 Å². The average Bonchev–Trinajstić information content (AvgIpc) is 2.64. The zero-order valence-corrected chi connectivity index (χ0v) is 16.2. The normalized spacial score (nSPS) is 11.0. The number of unbranched alkanes of at least 4 members (excludes halogenated alkanes) is 3. The molecule has 1 aromatic carbocycles. The number of aromatic nitrogens is 2. The molecule has 0 aliphatic carbocycles. The van der Waals surface area contributed by atoms with Crippen LogP contribution in [0.3, 0.4) is 0 Å². The highest BCUT2D eigenvalue weighted by Crippen LogP contribution is 2.14. The van der Waals surface area contributed by atoms with E-state index in [1.54, 1.807) is 24.3 Å². The molecule has 146 valence electrons. The van der Waals surface area contributed by atoms with Gasteiger partial charge in [0.15, 0.2) is 12.3 Å². The van der Waals surface area contributed by atoms with Gasteiger partial charge in [0.25, 0.3) is 11.5 Å². The Morgan fingerprint density at radius 1 is 1.15 bits per heavy atom. The average molecular weight is 373 g/mol. The fraction of sp³-hybridized carbons (Fsp3) is 0.500. The number of ether oxygens (including phenoxy) is 1. The van der Waals surface area contributed by atoms with Crippen molar-refractivity contribution in [3.05, 3.63) is 40.3 Å². The van der Waals surface area contributed by atoms with Crippen LogP contribution in [0.4, 0.5) is 0 Å². The zero-order valence-electron chi connectivity index (χ0n) is 16.2. The van der Waals surface area contributed by atoms with Gasteiger partial charge in [0, 0.05) is 18.0 Å². The second-order valence-electron chi connectivity index (χ2n) is 6.78. The van der Waals surface area contributed by atoms with Crippen LogP contribution in [0.25, 0.3) is 10.8 Å². The summed E-state index contributed by atoms with van der Waals surface area (Å²) in [5, 5.41) is 7.74. The first-order chi connectivity index (χ1) is 12.9. The number of aryl methyl sites for hydroxylation is 1. The van der Waals surface area contributed by atoms with Gasteiger partial charge in [-0.2, -0.15) is 5.10 Å². The molecule has 0 unspecified atom stereocenters. The molecule has 0 aliphatic heterocycles. The summed E-state index contributed by atoms with van der Waals surface area (Å²) in [6, 6.07) is 6.77. The third-order valence-corrected chi connectivity index (χ3v) is 4.07. The molecule has 7 nitrogen and oxygen atoms in total. The van der Waals surface area contributed by atoms with E-state index in [4.69, 9.17) is 4.74 Å². The van der Waals surface area contributed by atoms with E-state index in [1.807, 2.05) is 13.8 Å². The molecule has 1 aromatic heterocycles. The maximum absolute atomic E-state index is 12.6. The van der Waals surface area contributed by atoms with Gasteiger partial charge in [-0.15, -0.1) is 0 Å². The maximum Gasteiger partial charge on any atom is 0.359 e. The van der Waals surface area contributed by atoms with Crippen LogP contribution in [0.5, 0.6) is 0 Å². The Hall–Kier alpha value is -2.70. The quantitative estimate of drug-likeness (QED) is 0.539. The van der Waals surface area contributed by atoms with Gasteiger partial charge in [0.2, 0.25) is 0 Å². The number of hydrogen-bond donors (Lipinski definition) is 1. The number of hydrogen-bond acceptors (Lipinski definition) is 5. The van der Waals surface area contributed by atoms with Crippen LogP contribution in [0.1, 0.15) is 56.9 Å². The predicted octanol–water partition coefficient (Wildman–Crippen LogP) is 2.66. The minimum Gasteiger partial charge on any atom is -0.451 e.